The highest BCUT2D eigenvalue weighted by Gasteiger charge is 2.13. The maximum Gasteiger partial charge on any atom is 0.321 e. The SMILES string of the molecule is CC#CCn1ccn(-c2ccc3c(c2)OCCO3)c(=O)c1=O. The van der Waals surface area contributed by atoms with Gasteiger partial charge in [0, 0.05) is 18.5 Å². The van der Waals surface area contributed by atoms with Crippen LogP contribution in [0.2, 0.25) is 0 Å². The predicted molar refractivity (Wildman–Crippen MR) is 80.7 cm³/mol. The molecule has 0 saturated heterocycles. The first-order valence-electron chi connectivity index (χ1n) is 6.82. The van der Waals surface area contributed by atoms with Gasteiger partial charge in [-0.3, -0.25) is 18.7 Å². The fourth-order valence-electron chi connectivity index (χ4n) is 2.18. The van der Waals surface area contributed by atoms with Gasteiger partial charge >= 0.3 is 11.1 Å². The fourth-order valence-corrected chi connectivity index (χ4v) is 2.18. The summed E-state index contributed by atoms with van der Waals surface area (Å²) in [5, 5.41) is 0. The van der Waals surface area contributed by atoms with Gasteiger partial charge in [-0.05, 0) is 19.1 Å². The lowest BCUT2D eigenvalue weighted by atomic mass is 10.2. The number of rotatable bonds is 2. The summed E-state index contributed by atoms with van der Waals surface area (Å²) in [5.41, 5.74) is -0.683. The van der Waals surface area contributed by atoms with Gasteiger partial charge in [-0.25, -0.2) is 0 Å². The van der Waals surface area contributed by atoms with Crippen molar-refractivity contribution in [2.24, 2.45) is 0 Å². The van der Waals surface area contributed by atoms with Crippen molar-refractivity contribution in [3.8, 4) is 29.0 Å². The van der Waals surface area contributed by atoms with Crippen molar-refractivity contribution in [3.05, 3.63) is 51.3 Å². The average Bonchev–Trinajstić information content (AvgIpc) is 2.56. The fraction of sp³-hybridized carbons (Fsp3) is 0.250. The molecule has 0 fully saturated rings. The second-order valence-corrected chi connectivity index (χ2v) is 4.66. The highest BCUT2D eigenvalue weighted by Crippen LogP contribution is 2.31. The van der Waals surface area contributed by atoms with Gasteiger partial charge in [-0.2, -0.15) is 0 Å². The number of benzene rings is 1. The van der Waals surface area contributed by atoms with E-state index in [1.807, 2.05) is 0 Å². The molecule has 0 saturated carbocycles. The van der Waals surface area contributed by atoms with Gasteiger partial charge in [0.1, 0.15) is 13.2 Å². The van der Waals surface area contributed by atoms with Crippen molar-refractivity contribution in [2.45, 2.75) is 13.5 Å². The van der Waals surface area contributed by atoms with E-state index in [4.69, 9.17) is 9.47 Å². The molecular formula is C16H14N2O4. The Labute approximate surface area is 126 Å². The van der Waals surface area contributed by atoms with E-state index in [2.05, 4.69) is 11.8 Å². The van der Waals surface area contributed by atoms with E-state index in [0.717, 1.165) is 0 Å². The third-order valence-corrected chi connectivity index (χ3v) is 3.29. The van der Waals surface area contributed by atoms with Gasteiger partial charge in [-0.15, -0.1) is 5.92 Å². The molecule has 1 aliphatic rings. The van der Waals surface area contributed by atoms with Gasteiger partial charge in [-0.1, -0.05) is 5.92 Å². The highest BCUT2D eigenvalue weighted by atomic mass is 16.6. The Balaban J connectivity index is 2.05. The molecule has 0 aliphatic carbocycles. The number of hydrogen-bond donors (Lipinski definition) is 0. The predicted octanol–water partition coefficient (Wildman–Crippen LogP) is 0.794. The van der Waals surface area contributed by atoms with Crippen LogP contribution in [0.25, 0.3) is 5.69 Å². The Morgan fingerprint density at radius 2 is 1.86 bits per heavy atom. The first-order chi connectivity index (χ1) is 10.7. The zero-order valence-corrected chi connectivity index (χ0v) is 12.0. The van der Waals surface area contributed by atoms with Gasteiger partial charge in [0.15, 0.2) is 11.5 Å². The number of fused-ring (bicyclic) bond motifs is 1. The minimum Gasteiger partial charge on any atom is -0.486 e. The number of aromatic nitrogens is 2. The van der Waals surface area contributed by atoms with Crippen LogP contribution < -0.4 is 20.6 Å². The van der Waals surface area contributed by atoms with Crippen molar-refractivity contribution in [1.82, 2.24) is 9.13 Å². The molecule has 0 N–H and O–H groups in total. The van der Waals surface area contributed by atoms with Crippen molar-refractivity contribution in [1.29, 1.82) is 0 Å². The van der Waals surface area contributed by atoms with Crippen LogP contribution in [0.15, 0.2) is 40.2 Å². The van der Waals surface area contributed by atoms with E-state index >= 15 is 0 Å². The molecule has 0 unspecified atom stereocenters. The van der Waals surface area contributed by atoms with E-state index in [-0.39, 0.29) is 6.54 Å². The van der Waals surface area contributed by atoms with E-state index in [0.29, 0.717) is 30.4 Å². The monoisotopic (exact) mass is 298 g/mol. The smallest absolute Gasteiger partial charge is 0.321 e. The number of hydrogen-bond acceptors (Lipinski definition) is 4. The number of ether oxygens (including phenoxy) is 2. The highest BCUT2D eigenvalue weighted by molar-refractivity contribution is 5.49. The lowest BCUT2D eigenvalue weighted by Gasteiger charge is -2.19. The Kier molecular flexibility index (Phi) is 3.71. The molecule has 0 amide bonds. The molecule has 112 valence electrons. The Hall–Kier alpha value is -2.94. The molecule has 0 spiro atoms. The van der Waals surface area contributed by atoms with Crippen LogP contribution in [-0.2, 0) is 6.54 Å². The normalized spacial score (nSPS) is 12.4. The summed E-state index contributed by atoms with van der Waals surface area (Å²) in [4.78, 5) is 24.3. The van der Waals surface area contributed by atoms with E-state index in [1.165, 1.54) is 9.13 Å². The lowest BCUT2D eigenvalue weighted by molar-refractivity contribution is 0.171. The standard InChI is InChI=1S/C16H14N2O4/c1-2-3-6-17-7-8-18(16(20)15(17)19)12-4-5-13-14(11-12)22-10-9-21-13/h4-5,7-8,11H,6,9-10H2,1H3. The van der Waals surface area contributed by atoms with Gasteiger partial charge in [0.25, 0.3) is 0 Å². The largest absolute Gasteiger partial charge is 0.486 e. The molecule has 6 heteroatoms. The zero-order valence-electron chi connectivity index (χ0n) is 12.0. The molecule has 2 aromatic rings. The first-order valence-corrected chi connectivity index (χ1v) is 6.82. The van der Waals surface area contributed by atoms with Gasteiger partial charge in [0.2, 0.25) is 0 Å². The molecule has 1 aliphatic heterocycles. The minimum atomic E-state index is -0.628. The molecule has 2 heterocycles. The quantitative estimate of drug-likeness (QED) is 0.607. The molecule has 1 aromatic carbocycles. The van der Waals surface area contributed by atoms with Crippen molar-refractivity contribution in [3.63, 3.8) is 0 Å². The summed E-state index contributed by atoms with van der Waals surface area (Å²) >= 11 is 0. The summed E-state index contributed by atoms with van der Waals surface area (Å²) in [5.74, 6) is 6.66. The maximum atomic E-state index is 12.2. The third-order valence-electron chi connectivity index (χ3n) is 3.29. The summed E-state index contributed by atoms with van der Waals surface area (Å²) in [6.45, 7) is 2.84. The summed E-state index contributed by atoms with van der Waals surface area (Å²) in [7, 11) is 0. The Bertz CT molecular complexity index is 883. The van der Waals surface area contributed by atoms with E-state index < -0.39 is 11.1 Å². The molecule has 0 radical (unpaired) electrons. The van der Waals surface area contributed by atoms with Gasteiger partial charge < -0.3 is 9.47 Å². The summed E-state index contributed by atoms with van der Waals surface area (Å²) in [6, 6.07) is 5.13. The van der Waals surface area contributed by atoms with E-state index in [9.17, 15) is 9.59 Å². The topological polar surface area (TPSA) is 62.5 Å². The Morgan fingerprint density at radius 3 is 2.64 bits per heavy atom. The van der Waals surface area contributed by atoms with E-state index in [1.54, 1.807) is 37.5 Å². The van der Waals surface area contributed by atoms with Crippen LogP contribution >= 0.6 is 0 Å². The molecule has 0 bridgehead atoms. The second kappa shape index (κ2) is 5.82. The Morgan fingerprint density at radius 1 is 1.09 bits per heavy atom. The third kappa shape index (κ3) is 2.49. The van der Waals surface area contributed by atoms with Crippen LogP contribution in [0.1, 0.15) is 6.92 Å². The zero-order chi connectivity index (χ0) is 15.5. The van der Waals surface area contributed by atoms with Crippen LogP contribution in [0.3, 0.4) is 0 Å². The molecule has 6 nitrogen and oxygen atoms in total. The van der Waals surface area contributed by atoms with Crippen molar-refractivity contribution < 1.29 is 9.47 Å². The second-order valence-electron chi connectivity index (χ2n) is 4.66. The summed E-state index contributed by atoms with van der Waals surface area (Å²) in [6.07, 6.45) is 3.09. The first kappa shape index (κ1) is 14.0. The van der Waals surface area contributed by atoms with Crippen molar-refractivity contribution >= 4 is 0 Å². The molecule has 22 heavy (non-hydrogen) atoms. The molecule has 0 atom stereocenters. The minimum absolute atomic E-state index is 0.201. The van der Waals surface area contributed by atoms with Crippen LogP contribution in [0.4, 0.5) is 0 Å². The van der Waals surface area contributed by atoms with Crippen LogP contribution in [0, 0.1) is 11.8 Å². The lowest BCUT2D eigenvalue weighted by Crippen LogP contribution is -2.39. The maximum absolute atomic E-state index is 12.2. The molecular weight excluding hydrogens is 284 g/mol. The average molecular weight is 298 g/mol. The molecule has 3 rings (SSSR count). The molecule has 1 aromatic heterocycles. The van der Waals surface area contributed by atoms with Crippen LogP contribution in [-0.4, -0.2) is 22.3 Å². The van der Waals surface area contributed by atoms with Crippen molar-refractivity contribution in [2.75, 3.05) is 13.2 Å². The van der Waals surface area contributed by atoms with Crippen LogP contribution in [0.5, 0.6) is 11.5 Å². The van der Waals surface area contributed by atoms with Gasteiger partial charge in [0.05, 0.1) is 12.2 Å². The summed E-state index contributed by atoms with van der Waals surface area (Å²) < 4.78 is 13.5. The number of nitrogens with zero attached hydrogens (tertiary/aromatic N) is 2.